The van der Waals surface area contributed by atoms with Crippen molar-refractivity contribution in [2.45, 2.75) is 31.8 Å². The smallest absolute Gasteiger partial charge is 0.0258 e. The Bertz CT molecular complexity index is 126. The summed E-state index contributed by atoms with van der Waals surface area (Å²) in [4.78, 5) is 0. The highest BCUT2D eigenvalue weighted by atomic mass is 15.0. The zero-order valence-corrected chi connectivity index (χ0v) is 5.80. The molecule has 2 aliphatic heterocycles. The van der Waals surface area contributed by atoms with Gasteiger partial charge < -0.3 is 5.32 Å². The van der Waals surface area contributed by atoms with Crippen molar-refractivity contribution in [3.05, 3.63) is 12.2 Å². The summed E-state index contributed by atoms with van der Waals surface area (Å²) < 4.78 is 0. The van der Waals surface area contributed by atoms with Crippen LogP contribution in [0.1, 0.15) is 19.8 Å². The second-order valence-corrected chi connectivity index (χ2v) is 3.34. The molecule has 0 aromatic rings. The van der Waals surface area contributed by atoms with Crippen LogP contribution in [0.3, 0.4) is 0 Å². The monoisotopic (exact) mass is 123 g/mol. The molecular weight excluding hydrogens is 110 g/mol. The molecule has 1 N–H and O–H groups in total. The van der Waals surface area contributed by atoms with Crippen molar-refractivity contribution in [3.63, 3.8) is 0 Å². The van der Waals surface area contributed by atoms with E-state index >= 15 is 0 Å². The second-order valence-electron chi connectivity index (χ2n) is 3.34. The fraction of sp³-hybridized carbons (Fsp3) is 0.750. The lowest BCUT2D eigenvalue weighted by Gasteiger charge is -2.26. The van der Waals surface area contributed by atoms with Gasteiger partial charge >= 0.3 is 0 Å². The Morgan fingerprint density at radius 1 is 1.22 bits per heavy atom. The first-order valence-electron chi connectivity index (χ1n) is 3.79. The van der Waals surface area contributed by atoms with Crippen LogP contribution in [-0.2, 0) is 0 Å². The van der Waals surface area contributed by atoms with Gasteiger partial charge in [-0.2, -0.15) is 0 Å². The molecule has 2 unspecified atom stereocenters. The lowest BCUT2D eigenvalue weighted by Crippen LogP contribution is -2.37. The van der Waals surface area contributed by atoms with Gasteiger partial charge in [-0.1, -0.05) is 19.1 Å². The first-order chi connectivity index (χ1) is 4.34. The Kier molecular flexibility index (Phi) is 1.12. The predicted molar refractivity (Wildman–Crippen MR) is 38.2 cm³/mol. The molecule has 2 atom stereocenters. The van der Waals surface area contributed by atoms with Gasteiger partial charge in [0.2, 0.25) is 0 Å². The summed E-state index contributed by atoms with van der Waals surface area (Å²) >= 11 is 0. The normalized spacial score (nSPS) is 47.9. The summed E-state index contributed by atoms with van der Waals surface area (Å²) in [6, 6.07) is 1.41. The topological polar surface area (TPSA) is 12.0 Å². The van der Waals surface area contributed by atoms with Gasteiger partial charge in [-0.3, -0.25) is 0 Å². The van der Waals surface area contributed by atoms with E-state index in [2.05, 4.69) is 24.4 Å². The van der Waals surface area contributed by atoms with Crippen molar-refractivity contribution in [2.75, 3.05) is 0 Å². The second kappa shape index (κ2) is 1.84. The molecule has 2 bridgehead atoms. The number of rotatable bonds is 0. The fourth-order valence-corrected chi connectivity index (χ4v) is 1.91. The van der Waals surface area contributed by atoms with E-state index in [1.54, 1.807) is 0 Å². The highest BCUT2D eigenvalue weighted by molar-refractivity contribution is 5.12. The van der Waals surface area contributed by atoms with Crippen molar-refractivity contribution >= 4 is 0 Å². The fourth-order valence-electron chi connectivity index (χ4n) is 1.91. The molecule has 0 radical (unpaired) electrons. The zero-order valence-electron chi connectivity index (χ0n) is 5.80. The summed E-state index contributed by atoms with van der Waals surface area (Å²) in [5.74, 6) is 0.927. The van der Waals surface area contributed by atoms with Gasteiger partial charge in [-0.15, -0.1) is 0 Å². The van der Waals surface area contributed by atoms with Crippen LogP contribution < -0.4 is 5.32 Å². The molecule has 1 nitrogen and oxygen atoms in total. The van der Waals surface area contributed by atoms with E-state index in [1.807, 2.05) is 0 Å². The summed E-state index contributed by atoms with van der Waals surface area (Å²) in [5, 5.41) is 3.51. The lowest BCUT2D eigenvalue weighted by atomic mass is 9.94. The van der Waals surface area contributed by atoms with Gasteiger partial charge in [0.25, 0.3) is 0 Å². The molecule has 2 heterocycles. The Hall–Kier alpha value is -0.300. The third-order valence-corrected chi connectivity index (χ3v) is 2.32. The lowest BCUT2D eigenvalue weighted by molar-refractivity contribution is 0.335. The molecule has 0 aromatic heterocycles. The number of nitrogens with one attached hydrogen (secondary N) is 1. The van der Waals surface area contributed by atoms with Crippen LogP contribution in [0.2, 0.25) is 0 Å². The number of hydrogen-bond acceptors (Lipinski definition) is 1. The van der Waals surface area contributed by atoms with Crippen LogP contribution in [0.5, 0.6) is 0 Å². The van der Waals surface area contributed by atoms with Gasteiger partial charge in [-0.25, -0.2) is 0 Å². The third-order valence-electron chi connectivity index (χ3n) is 2.32. The quantitative estimate of drug-likeness (QED) is 0.479. The molecule has 2 rings (SSSR count). The number of fused-ring (bicyclic) bond motifs is 2. The van der Waals surface area contributed by atoms with Gasteiger partial charge in [-0.05, 0) is 18.8 Å². The largest absolute Gasteiger partial charge is 0.304 e. The Balaban J connectivity index is 2.10. The Labute approximate surface area is 56.1 Å². The van der Waals surface area contributed by atoms with Crippen molar-refractivity contribution in [1.82, 2.24) is 5.32 Å². The maximum atomic E-state index is 3.51. The summed E-state index contributed by atoms with van der Waals surface area (Å²) in [5.41, 5.74) is 0. The molecule has 1 heteroatoms. The standard InChI is InChI=1S/C8H13N/c1-6-4-7-2-3-8(5-6)9-7/h2-3,6-9H,4-5H2,1H3. The molecule has 1 saturated heterocycles. The van der Waals surface area contributed by atoms with Crippen molar-refractivity contribution in [2.24, 2.45) is 5.92 Å². The Morgan fingerprint density at radius 2 is 1.78 bits per heavy atom. The van der Waals surface area contributed by atoms with Crippen LogP contribution in [0, 0.1) is 5.92 Å². The number of hydrogen-bond donors (Lipinski definition) is 1. The molecule has 2 aliphatic rings. The van der Waals surface area contributed by atoms with Crippen LogP contribution in [0.4, 0.5) is 0 Å². The van der Waals surface area contributed by atoms with Gasteiger partial charge in [0, 0.05) is 12.1 Å². The van der Waals surface area contributed by atoms with Crippen molar-refractivity contribution in [3.8, 4) is 0 Å². The van der Waals surface area contributed by atoms with E-state index in [-0.39, 0.29) is 0 Å². The maximum Gasteiger partial charge on any atom is 0.0258 e. The molecule has 50 valence electrons. The minimum absolute atomic E-state index is 0.707. The molecule has 0 amide bonds. The highest BCUT2D eigenvalue weighted by Crippen LogP contribution is 2.24. The van der Waals surface area contributed by atoms with Crippen LogP contribution >= 0.6 is 0 Å². The maximum absolute atomic E-state index is 3.51. The van der Waals surface area contributed by atoms with Crippen LogP contribution in [0.25, 0.3) is 0 Å². The summed E-state index contributed by atoms with van der Waals surface area (Å²) in [7, 11) is 0. The van der Waals surface area contributed by atoms with Crippen LogP contribution in [0.15, 0.2) is 12.2 Å². The van der Waals surface area contributed by atoms with Gasteiger partial charge in [0.15, 0.2) is 0 Å². The van der Waals surface area contributed by atoms with E-state index in [1.165, 1.54) is 12.8 Å². The SMILES string of the molecule is CC1CC2C=CC(C1)N2. The van der Waals surface area contributed by atoms with E-state index in [0.29, 0.717) is 12.1 Å². The molecule has 0 saturated carbocycles. The summed E-state index contributed by atoms with van der Waals surface area (Å²) in [6.45, 7) is 2.34. The first-order valence-corrected chi connectivity index (χ1v) is 3.79. The molecule has 1 fully saturated rings. The minimum atomic E-state index is 0.707. The van der Waals surface area contributed by atoms with Gasteiger partial charge in [0.05, 0.1) is 0 Å². The first kappa shape index (κ1) is 5.48. The molecule has 0 spiro atoms. The van der Waals surface area contributed by atoms with E-state index < -0.39 is 0 Å². The van der Waals surface area contributed by atoms with Crippen molar-refractivity contribution in [1.29, 1.82) is 0 Å². The molecule has 9 heavy (non-hydrogen) atoms. The zero-order chi connectivity index (χ0) is 6.27. The van der Waals surface area contributed by atoms with E-state index in [0.717, 1.165) is 5.92 Å². The van der Waals surface area contributed by atoms with E-state index in [9.17, 15) is 0 Å². The highest BCUT2D eigenvalue weighted by Gasteiger charge is 2.26. The Morgan fingerprint density at radius 3 is 2.33 bits per heavy atom. The molecule has 0 aromatic carbocycles. The number of piperidine rings is 1. The molecule has 0 aliphatic carbocycles. The van der Waals surface area contributed by atoms with Gasteiger partial charge in [0.1, 0.15) is 0 Å². The summed E-state index contributed by atoms with van der Waals surface area (Å²) in [6.07, 6.45) is 7.31. The minimum Gasteiger partial charge on any atom is -0.304 e. The average molecular weight is 123 g/mol. The molecular formula is C8H13N. The predicted octanol–water partition coefficient (Wildman–Crippen LogP) is 1.31. The van der Waals surface area contributed by atoms with Crippen LogP contribution in [-0.4, -0.2) is 12.1 Å². The third kappa shape index (κ3) is 0.897. The average Bonchev–Trinajstić information content (AvgIpc) is 2.11. The van der Waals surface area contributed by atoms with Crippen molar-refractivity contribution < 1.29 is 0 Å². The van der Waals surface area contributed by atoms with E-state index in [4.69, 9.17) is 0 Å².